The maximum atomic E-state index is 4.65. The highest BCUT2D eigenvalue weighted by atomic mass is 32.2. The lowest BCUT2D eigenvalue weighted by Gasteiger charge is -2.22. The maximum absolute atomic E-state index is 4.65. The van der Waals surface area contributed by atoms with Crippen LogP contribution in [-0.4, -0.2) is 43.4 Å². The number of rotatable bonds is 4. The molecule has 4 nitrogen and oxygen atoms in total. The Morgan fingerprint density at radius 1 is 1.40 bits per heavy atom. The molecular formula is C14H20N4S2. The Morgan fingerprint density at radius 3 is 2.90 bits per heavy atom. The Morgan fingerprint density at radius 2 is 2.20 bits per heavy atom. The zero-order valence-electron chi connectivity index (χ0n) is 11.7. The molecule has 0 saturated carbocycles. The second-order valence-electron chi connectivity index (χ2n) is 4.97. The van der Waals surface area contributed by atoms with Crippen molar-refractivity contribution in [3.05, 3.63) is 30.4 Å². The molecule has 3 heterocycles. The van der Waals surface area contributed by atoms with Crippen molar-refractivity contribution in [2.45, 2.75) is 25.4 Å². The van der Waals surface area contributed by atoms with Crippen LogP contribution in [0.4, 0.5) is 0 Å². The third-order valence-corrected chi connectivity index (χ3v) is 5.99. The van der Waals surface area contributed by atoms with Crippen LogP contribution in [0.3, 0.4) is 0 Å². The Balaban J connectivity index is 1.74. The van der Waals surface area contributed by atoms with E-state index in [9.17, 15) is 0 Å². The highest BCUT2D eigenvalue weighted by Gasteiger charge is 2.19. The van der Waals surface area contributed by atoms with Gasteiger partial charge in [-0.2, -0.15) is 23.5 Å². The van der Waals surface area contributed by atoms with Gasteiger partial charge in [0.1, 0.15) is 0 Å². The van der Waals surface area contributed by atoms with E-state index in [2.05, 4.69) is 51.9 Å². The average Bonchev–Trinajstić information content (AvgIpc) is 2.74. The number of hydrogen-bond donors (Lipinski definition) is 1. The summed E-state index contributed by atoms with van der Waals surface area (Å²) in [6.45, 7) is 2.21. The van der Waals surface area contributed by atoms with Gasteiger partial charge in [0.15, 0.2) is 0 Å². The molecule has 1 aliphatic rings. The molecule has 0 aromatic carbocycles. The molecule has 1 fully saturated rings. The lowest BCUT2D eigenvalue weighted by molar-refractivity contribution is 0.467. The van der Waals surface area contributed by atoms with Crippen LogP contribution in [0.5, 0.6) is 0 Å². The maximum Gasteiger partial charge on any atom is 0.233 e. The van der Waals surface area contributed by atoms with E-state index in [1.165, 1.54) is 23.0 Å². The van der Waals surface area contributed by atoms with E-state index < -0.39 is 0 Å². The first-order valence-electron chi connectivity index (χ1n) is 7.08. The summed E-state index contributed by atoms with van der Waals surface area (Å²) in [6, 6.07) is 2.84. The highest BCUT2D eigenvalue weighted by Crippen LogP contribution is 2.21. The SMILES string of the molecule is CCC(NC1CSCCSC1)c1cn2cccnc2n1. The largest absolute Gasteiger partial charge is 0.304 e. The van der Waals surface area contributed by atoms with Crippen LogP contribution >= 0.6 is 23.5 Å². The standard InChI is InChI=1S/C14H20N4S2/c1-2-12(16-11-9-19-6-7-20-10-11)13-8-18-5-3-4-15-14(18)17-13/h3-5,8,11-12,16H,2,6-7,9-10H2,1H3. The van der Waals surface area contributed by atoms with Gasteiger partial charge >= 0.3 is 0 Å². The Bertz CT molecular complexity index is 516. The minimum absolute atomic E-state index is 0.320. The summed E-state index contributed by atoms with van der Waals surface area (Å²) < 4.78 is 2.00. The van der Waals surface area contributed by atoms with Crippen LogP contribution in [0, 0.1) is 0 Å². The van der Waals surface area contributed by atoms with E-state index >= 15 is 0 Å². The van der Waals surface area contributed by atoms with Gasteiger partial charge in [0.2, 0.25) is 5.78 Å². The van der Waals surface area contributed by atoms with Crippen LogP contribution in [0.15, 0.2) is 24.7 Å². The van der Waals surface area contributed by atoms with E-state index in [4.69, 9.17) is 0 Å². The monoisotopic (exact) mass is 308 g/mol. The van der Waals surface area contributed by atoms with Gasteiger partial charge < -0.3 is 5.32 Å². The third kappa shape index (κ3) is 3.30. The molecular weight excluding hydrogens is 288 g/mol. The van der Waals surface area contributed by atoms with Crippen LogP contribution < -0.4 is 5.32 Å². The molecule has 0 amide bonds. The summed E-state index contributed by atoms with van der Waals surface area (Å²) >= 11 is 4.11. The van der Waals surface area contributed by atoms with Crippen molar-refractivity contribution < 1.29 is 0 Å². The van der Waals surface area contributed by atoms with E-state index in [-0.39, 0.29) is 0 Å². The predicted molar refractivity (Wildman–Crippen MR) is 87.6 cm³/mol. The van der Waals surface area contributed by atoms with Gasteiger partial charge in [0.05, 0.1) is 11.7 Å². The molecule has 1 N–H and O–H groups in total. The fourth-order valence-electron chi connectivity index (χ4n) is 2.43. The fourth-order valence-corrected chi connectivity index (χ4v) is 4.85. The van der Waals surface area contributed by atoms with Crippen molar-refractivity contribution in [1.29, 1.82) is 0 Å². The average molecular weight is 308 g/mol. The Labute approximate surface area is 128 Å². The number of nitrogens with zero attached hydrogens (tertiary/aromatic N) is 3. The van der Waals surface area contributed by atoms with Crippen LogP contribution in [0.2, 0.25) is 0 Å². The zero-order valence-corrected chi connectivity index (χ0v) is 13.3. The second-order valence-corrected chi connectivity index (χ2v) is 7.27. The number of nitrogens with one attached hydrogen (secondary N) is 1. The molecule has 1 aliphatic heterocycles. The van der Waals surface area contributed by atoms with E-state index in [1.54, 1.807) is 6.20 Å². The summed E-state index contributed by atoms with van der Waals surface area (Å²) in [5, 5.41) is 3.78. The zero-order chi connectivity index (χ0) is 13.8. The lowest BCUT2D eigenvalue weighted by Crippen LogP contribution is -2.36. The Hall–Kier alpha value is -0.720. The lowest BCUT2D eigenvalue weighted by atomic mass is 10.1. The first-order valence-corrected chi connectivity index (χ1v) is 9.39. The molecule has 1 atom stereocenters. The normalized spacial score (nSPS) is 19.1. The molecule has 1 saturated heterocycles. The number of fused-ring (bicyclic) bond motifs is 1. The van der Waals surface area contributed by atoms with E-state index in [0.29, 0.717) is 12.1 Å². The van der Waals surface area contributed by atoms with Crippen molar-refractivity contribution in [3.63, 3.8) is 0 Å². The van der Waals surface area contributed by atoms with Gasteiger partial charge in [-0.1, -0.05) is 6.92 Å². The molecule has 1 unspecified atom stereocenters. The number of imidazole rings is 1. The van der Waals surface area contributed by atoms with Gasteiger partial charge in [-0.25, -0.2) is 9.97 Å². The van der Waals surface area contributed by atoms with E-state index in [0.717, 1.165) is 17.9 Å². The molecule has 6 heteroatoms. The third-order valence-electron chi connectivity index (χ3n) is 3.47. The Kier molecular flexibility index (Phi) is 4.86. The molecule has 2 aromatic heterocycles. The molecule has 0 bridgehead atoms. The predicted octanol–water partition coefficient (Wildman–Crippen LogP) is 2.62. The van der Waals surface area contributed by atoms with Crippen molar-refractivity contribution in [3.8, 4) is 0 Å². The number of aromatic nitrogens is 3. The summed E-state index contributed by atoms with van der Waals surface area (Å²) in [5.74, 6) is 5.74. The summed E-state index contributed by atoms with van der Waals surface area (Å²) in [7, 11) is 0. The first kappa shape index (κ1) is 14.2. The summed E-state index contributed by atoms with van der Waals surface area (Å²) in [5.41, 5.74) is 1.10. The second kappa shape index (κ2) is 6.83. The molecule has 108 valence electrons. The number of thioether (sulfide) groups is 2. The molecule has 3 rings (SSSR count). The number of hydrogen-bond acceptors (Lipinski definition) is 5. The first-order chi connectivity index (χ1) is 9.86. The van der Waals surface area contributed by atoms with Gasteiger partial charge in [-0.3, -0.25) is 4.40 Å². The van der Waals surface area contributed by atoms with Crippen molar-refractivity contribution in [1.82, 2.24) is 19.7 Å². The molecule has 2 aromatic rings. The smallest absolute Gasteiger partial charge is 0.233 e. The van der Waals surface area contributed by atoms with Crippen LogP contribution in [0.25, 0.3) is 5.78 Å². The summed E-state index contributed by atoms with van der Waals surface area (Å²) in [4.78, 5) is 8.94. The van der Waals surface area contributed by atoms with Gasteiger partial charge in [-0.15, -0.1) is 0 Å². The van der Waals surface area contributed by atoms with Gasteiger partial charge in [-0.05, 0) is 12.5 Å². The quantitative estimate of drug-likeness (QED) is 0.940. The van der Waals surface area contributed by atoms with Gasteiger partial charge in [0, 0.05) is 47.6 Å². The molecule has 20 heavy (non-hydrogen) atoms. The van der Waals surface area contributed by atoms with Crippen LogP contribution in [-0.2, 0) is 0 Å². The fraction of sp³-hybridized carbons (Fsp3) is 0.571. The van der Waals surface area contributed by atoms with Crippen molar-refractivity contribution in [2.75, 3.05) is 23.0 Å². The van der Waals surface area contributed by atoms with Gasteiger partial charge in [0.25, 0.3) is 0 Å². The minimum atomic E-state index is 0.320. The van der Waals surface area contributed by atoms with Crippen LogP contribution in [0.1, 0.15) is 25.1 Å². The minimum Gasteiger partial charge on any atom is -0.304 e. The summed E-state index contributed by atoms with van der Waals surface area (Å²) in [6.07, 6.45) is 6.94. The van der Waals surface area contributed by atoms with Crippen molar-refractivity contribution in [2.24, 2.45) is 0 Å². The molecule has 0 radical (unpaired) electrons. The molecule has 0 aliphatic carbocycles. The topological polar surface area (TPSA) is 42.2 Å². The molecule has 0 spiro atoms. The highest BCUT2D eigenvalue weighted by molar-refractivity contribution is 8.03. The van der Waals surface area contributed by atoms with E-state index in [1.807, 2.05) is 16.7 Å². The van der Waals surface area contributed by atoms with Crippen molar-refractivity contribution >= 4 is 29.3 Å².